The smallest absolute Gasteiger partial charge is 0.0202 e. The molecule has 1 fully saturated rings. The first-order chi connectivity index (χ1) is 6.18. The van der Waals surface area contributed by atoms with Crippen molar-refractivity contribution in [2.24, 2.45) is 0 Å². The van der Waals surface area contributed by atoms with E-state index in [9.17, 15) is 0 Å². The first-order valence-corrected chi connectivity index (χ1v) is 5.31. The van der Waals surface area contributed by atoms with Gasteiger partial charge in [0.25, 0.3) is 0 Å². The molecule has 0 saturated carbocycles. The molecule has 0 aromatic carbocycles. The summed E-state index contributed by atoms with van der Waals surface area (Å²) in [6, 6.07) is 0.565. The predicted molar refractivity (Wildman–Crippen MR) is 58.0 cm³/mol. The molecule has 0 aromatic heterocycles. The summed E-state index contributed by atoms with van der Waals surface area (Å²) in [4.78, 5) is 2.49. The van der Waals surface area contributed by atoms with Crippen molar-refractivity contribution >= 4 is 0 Å². The van der Waals surface area contributed by atoms with Crippen LogP contribution in [0.15, 0.2) is 12.2 Å². The highest BCUT2D eigenvalue weighted by atomic mass is 15.1. The number of hydrogen-bond acceptors (Lipinski definition) is 2. The quantitative estimate of drug-likeness (QED) is 0.650. The molecule has 0 bridgehead atoms. The van der Waals surface area contributed by atoms with Crippen molar-refractivity contribution in [3.05, 3.63) is 12.2 Å². The van der Waals surface area contributed by atoms with Gasteiger partial charge >= 0.3 is 0 Å². The summed E-state index contributed by atoms with van der Waals surface area (Å²) >= 11 is 0. The van der Waals surface area contributed by atoms with E-state index < -0.39 is 0 Å². The molecule has 2 heteroatoms. The molecule has 1 heterocycles. The van der Waals surface area contributed by atoms with Crippen molar-refractivity contribution in [3.63, 3.8) is 0 Å². The molecule has 1 rings (SSSR count). The van der Waals surface area contributed by atoms with Gasteiger partial charge in [0.15, 0.2) is 0 Å². The molecule has 0 spiro atoms. The van der Waals surface area contributed by atoms with Crippen LogP contribution in [0.3, 0.4) is 0 Å². The molecule has 0 unspecified atom stereocenters. The van der Waals surface area contributed by atoms with Crippen LogP contribution in [0.25, 0.3) is 0 Å². The van der Waals surface area contributed by atoms with Crippen LogP contribution in [-0.2, 0) is 0 Å². The number of nitrogens with zero attached hydrogens (tertiary/aromatic N) is 1. The van der Waals surface area contributed by atoms with Gasteiger partial charge in [-0.3, -0.25) is 4.90 Å². The second-order valence-corrected chi connectivity index (χ2v) is 4.27. The summed E-state index contributed by atoms with van der Waals surface area (Å²) in [5.74, 6) is 0. The minimum absolute atomic E-state index is 0.565. The molecule has 0 aliphatic carbocycles. The largest absolute Gasteiger partial charge is 0.311 e. The summed E-state index contributed by atoms with van der Waals surface area (Å²) in [6.07, 6.45) is 2.73. The van der Waals surface area contributed by atoms with Gasteiger partial charge in [-0.25, -0.2) is 0 Å². The van der Waals surface area contributed by atoms with Gasteiger partial charge in [0.1, 0.15) is 0 Å². The van der Waals surface area contributed by atoms with Gasteiger partial charge in [-0.05, 0) is 31.5 Å². The Morgan fingerprint density at radius 3 is 2.54 bits per heavy atom. The predicted octanol–water partition coefficient (Wildman–Crippen LogP) is 1.64. The summed E-state index contributed by atoms with van der Waals surface area (Å²) < 4.78 is 0. The fourth-order valence-electron chi connectivity index (χ4n) is 1.66. The van der Waals surface area contributed by atoms with E-state index in [0.717, 1.165) is 13.1 Å². The van der Waals surface area contributed by atoms with Gasteiger partial charge in [0.2, 0.25) is 0 Å². The van der Waals surface area contributed by atoms with Crippen LogP contribution in [0.4, 0.5) is 0 Å². The molecular formula is C11H22N2. The van der Waals surface area contributed by atoms with Crippen molar-refractivity contribution in [2.45, 2.75) is 32.7 Å². The van der Waals surface area contributed by atoms with Gasteiger partial charge < -0.3 is 5.32 Å². The zero-order valence-electron chi connectivity index (χ0n) is 8.97. The summed E-state index contributed by atoms with van der Waals surface area (Å²) in [5, 5.41) is 3.39. The van der Waals surface area contributed by atoms with Gasteiger partial charge in [0.05, 0.1) is 0 Å². The van der Waals surface area contributed by atoms with Crippen molar-refractivity contribution in [1.29, 1.82) is 0 Å². The fraction of sp³-hybridized carbons (Fsp3) is 0.818. The third kappa shape index (κ3) is 4.44. The molecule has 0 aromatic rings. The van der Waals surface area contributed by atoms with E-state index in [4.69, 9.17) is 0 Å². The van der Waals surface area contributed by atoms with Crippen LogP contribution in [0.1, 0.15) is 26.7 Å². The zero-order valence-corrected chi connectivity index (χ0v) is 8.97. The molecule has 13 heavy (non-hydrogen) atoms. The van der Waals surface area contributed by atoms with E-state index in [2.05, 4.69) is 30.6 Å². The number of likely N-dealkylation sites (tertiary alicyclic amines) is 1. The zero-order chi connectivity index (χ0) is 9.68. The number of rotatable bonds is 5. The lowest BCUT2D eigenvalue weighted by atomic mass is 10.2. The number of hydrogen-bond donors (Lipinski definition) is 1. The van der Waals surface area contributed by atoms with Crippen LogP contribution in [0.2, 0.25) is 0 Å². The molecule has 1 aliphatic heterocycles. The maximum absolute atomic E-state index is 4.09. The van der Waals surface area contributed by atoms with Gasteiger partial charge in [-0.2, -0.15) is 0 Å². The lowest BCUT2D eigenvalue weighted by Crippen LogP contribution is -2.30. The van der Waals surface area contributed by atoms with Gasteiger partial charge in [-0.15, -0.1) is 0 Å². The Bertz CT molecular complexity index is 157. The van der Waals surface area contributed by atoms with E-state index >= 15 is 0 Å². The van der Waals surface area contributed by atoms with Crippen molar-refractivity contribution in [1.82, 2.24) is 10.2 Å². The second kappa shape index (κ2) is 5.40. The molecule has 0 amide bonds. The van der Waals surface area contributed by atoms with Crippen LogP contribution < -0.4 is 5.32 Å². The molecule has 0 radical (unpaired) electrons. The maximum Gasteiger partial charge on any atom is 0.0202 e. The van der Waals surface area contributed by atoms with Crippen LogP contribution in [0, 0.1) is 0 Å². The van der Waals surface area contributed by atoms with E-state index in [0.29, 0.717) is 6.04 Å². The summed E-state index contributed by atoms with van der Waals surface area (Å²) in [6.45, 7) is 13.0. The normalized spacial score (nSPS) is 18.4. The Hall–Kier alpha value is -0.340. The monoisotopic (exact) mass is 182 g/mol. The Kier molecular flexibility index (Phi) is 4.46. The molecule has 2 nitrogen and oxygen atoms in total. The van der Waals surface area contributed by atoms with Gasteiger partial charge in [0, 0.05) is 19.1 Å². The molecule has 0 atom stereocenters. The highest BCUT2D eigenvalue weighted by Crippen LogP contribution is 2.08. The maximum atomic E-state index is 4.09. The SMILES string of the molecule is C=C(CNC(C)C)CN1CCCC1. The Labute approximate surface area is 82.0 Å². The minimum atomic E-state index is 0.565. The molecule has 1 saturated heterocycles. The standard InChI is InChI=1S/C11H22N2/c1-10(2)12-8-11(3)9-13-6-4-5-7-13/h10,12H,3-9H2,1-2H3. The average molecular weight is 182 g/mol. The number of nitrogens with one attached hydrogen (secondary N) is 1. The molecule has 1 aliphatic rings. The topological polar surface area (TPSA) is 15.3 Å². The fourth-order valence-corrected chi connectivity index (χ4v) is 1.66. The lowest BCUT2D eigenvalue weighted by Gasteiger charge is -2.17. The molecule has 76 valence electrons. The Morgan fingerprint density at radius 1 is 1.38 bits per heavy atom. The van der Waals surface area contributed by atoms with Crippen molar-refractivity contribution < 1.29 is 0 Å². The lowest BCUT2D eigenvalue weighted by molar-refractivity contribution is 0.364. The average Bonchev–Trinajstić information content (AvgIpc) is 2.53. The van der Waals surface area contributed by atoms with Crippen LogP contribution in [-0.4, -0.2) is 37.1 Å². The highest BCUT2D eigenvalue weighted by molar-refractivity contribution is 5.00. The van der Waals surface area contributed by atoms with Crippen molar-refractivity contribution in [3.8, 4) is 0 Å². The minimum Gasteiger partial charge on any atom is -0.311 e. The van der Waals surface area contributed by atoms with E-state index in [1.54, 1.807) is 0 Å². The third-order valence-electron chi connectivity index (χ3n) is 2.41. The summed E-state index contributed by atoms with van der Waals surface area (Å²) in [5.41, 5.74) is 1.32. The Balaban J connectivity index is 2.09. The van der Waals surface area contributed by atoms with Crippen molar-refractivity contribution in [2.75, 3.05) is 26.2 Å². The Morgan fingerprint density at radius 2 is 2.00 bits per heavy atom. The van der Waals surface area contributed by atoms with E-state index in [1.165, 1.54) is 31.5 Å². The first-order valence-electron chi connectivity index (χ1n) is 5.31. The first kappa shape index (κ1) is 10.7. The second-order valence-electron chi connectivity index (χ2n) is 4.27. The highest BCUT2D eigenvalue weighted by Gasteiger charge is 2.11. The molecular weight excluding hydrogens is 160 g/mol. The third-order valence-corrected chi connectivity index (χ3v) is 2.41. The van der Waals surface area contributed by atoms with E-state index in [1.807, 2.05) is 0 Å². The van der Waals surface area contributed by atoms with E-state index in [-0.39, 0.29) is 0 Å². The van der Waals surface area contributed by atoms with Crippen LogP contribution >= 0.6 is 0 Å². The molecule has 1 N–H and O–H groups in total. The van der Waals surface area contributed by atoms with Crippen LogP contribution in [0.5, 0.6) is 0 Å². The van der Waals surface area contributed by atoms with Gasteiger partial charge in [-0.1, -0.05) is 20.4 Å². The summed E-state index contributed by atoms with van der Waals surface area (Å²) in [7, 11) is 0.